The molecule has 1 aliphatic rings. The maximum Gasteiger partial charge on any atom is 0.255 e. The minimum absolute atomic E-state index is 0.182. The third-order valence-electron chi connectivity index (χ3n) is 4.49. The molecule has 1 aliphatic heterocycles. The van der Waals surface area contributed by atoms with Crippen molar-refractivity contribution >= 4 is 27.3 Å². The van der Waals surface area contributed by atoms with Crippen LogP contribution in [-0.2, 0) is 10.0 Å². The molecule has 6 heteroatoms. The number of aryl methyl sites for hydroxylation is 2. The Morgan fingerprint density at radius 2 is 1.64 bits per heavy atom. The van der Waals surface area contributed by atoms with Gasteiger partial charge in [-0.2, -0.15) is 0 Å². The summed E-state index contributed by atoms with van der Waals surface area (Å²) in [5.41, 5.74) is 3.94. The van der Waals surface area contributed by atoms with Crippen LogP contribution in [0.15, 0.2) is 42.5 Å². The SMILES string of the molecule is Cc1cccc(C)c1NC(=O)c1ccc(N2CCCCS2(=O)=O)cc1. The van der Waals surface area contributed by atoms with Gasteiger partial charge in [0.25, 0.3) is 5.91 Å². The summed E-state index contributed by atoms with van der Waals surface area (Å²) in [6.07, 6.45) is 1.56. The molecule has 0 atom stereocenters. The average molecular weight is 358 g/mol. The van der Waals surface area contributed by atoms with Crippen LogP contribution in [0.2, 0.25) is 0 Å². The van der Waals surface area contributed by atoms with Gasteiger partial charge in [-0.3, -0.25) is 9.10 Å². The van der Waals surface area contributed by atoms with E-state index in [0.717, 1.165) is 23.2 Å². The number of para-hydroxylation sites is 1. The Balaban J connectivity index is 1.79. The van der Waals surface area contributed by atoms with Crippen LogP contribution in [0, 0.1) is 13.8 Å². The maximum absolute atomic E-state index is 12.5. The molecule has 0 bridgehead atoms. The fourth-order valence-electron chi connectivity index (χ4n) is 3.06. The summed E-state index contributed by atoms with van der Waals surface area (Å²) in [4.78, 5) is 12.5. The molecule has 2 aromatic carbocycles. The minimum Gasteiger partial charge on any atom is -0.322 e. The van der Waals surface area contributed by atoms with Gasteiger partial charge >= 0.3 is 0 Å². The molecule has 2 aromatic rings. The molecule has 1 fully saturated rings. The number of benzene rings is 2. The zero-order chi connectivity index (χ0) is 18.0. The molecule has 0 radical (unpaired) electrons. The maximum atomic E-state index is 12.5. The van der Waals surface area contributed by atoms with E-state index in [4.69, 9.17) is 0 Å². The molecule has 0 unspecified atom stereocenters. The van der Waals surface area contributed by atoms with Gasteiger partial charge in [0.05, 0.1) is 11.4 Å². The fourth-order valence-corrected chi connectivity index (χ4v) is 4.69. The zero-order valence-corrected chi connectivity index (χ0v) is 15.3. The van der Waals surface area contributed by atoms with Gasteiger partial charge in [-0.05, 0) is 62.1 Å². The second-order valence-corrected chi connectivity index (χ2v) is 8.38. The molecule has 0 aromatic heterocycles. The molecule has 0 aliphatic carbocycles. The van der Waals surface area contributed by atoms with E-state index >= 15 is 0 Å². The van der Waals surface area contributed by atoms with Gasteiger partial charge in [0.2, 0.25) is 10.0 Å². The highest BCUT2D eigenvalue weighted by Gasteiger charge is 2.26. The fraction of sp³-hybridized carbons (Fsp3) is 0.316. The molecule has 1 amide bonds. The van der Waals surface area contributed by atoms with E-state index < -0.39 is 10.0 Å². The monoisotopic (exact) mass is 358 g/mol. The molecule has 1 N–H and O–H groups in total. The number of amides is 1. The Hall–Kier alpha value is -2.34. The Morgan fingerprint density at radius 3 is 2.24 bits per heavy atom. The van der Waals surface area contributed by atoms with Crippen molar-refractivity contribution in [3.63, 3.8) is 0 Å². The topological polar surface area (TPSA) is 66.5 Å². The first kappa shape index (κ1) is 17.5. The van der Waals surface area contributed by atoms with Gasteiger partial charge in [-0.1, -0.05) is 18.2 Å². The predicted molar refractivity (Wildman–Crippen MR) is 101 cm³/mol. The molecule has 0 saturated carbocycles. The first-order valence-corrected chi connectivity index (χ1v) is 9.97. The van der Waals surface area contributed by atoms with E-state index in [2.05, 4.69) is 5.32 Å². The van der Waals surface area contributed by atoms with Crippen LogP contribution in [0.3, 0.4) is 0 Å². The number of sulfonamides is 1. The molecular formula is C19H22N2O3S. The Labute approximate surface area is 148 Å². The lowest BCUT2D eigenvalue weighted by atomic mass is 10.1. The quantitative estimate of drug-likeness (QED) is 0.913. The summed E-state index contributed by atoms with van der Waals surface area (Å²) < 4.78 is 25.8. The summed E-state index contributed by atoms with van der Waals surface area (Å²) in [6, 6.07) is 12.6. The third-order valence-corrected chi connectivity index (χ3v) is 6.36. The van der Waals surface area contributed by atoms with E-state index in [1.165, 1.54) is 4.31 Å². The standard InChI is InChI=1S/C19H22N2O3S/c1-14-6-5-7-15(2)18(14)20-19(22)16-8-10-17(11-9-16)21-12-3-4-13-25(21,23)24/h5-11H,3-4,12-13H2,1-2H3,(H,20,22). The van der Waals surface area contributed by atoms with Gasteiger partial charge < -0.3 is 5.32 Å². The van der Waals surface area contributed by atoms with Crippen molar-refractivity contribution in [2.75, 3.05) is 21.9 Å². The number of nitrogens with one attached hydrogen (secondary N) is 1. The van der Waals surface area contributed by atoms with E-state index in [1.807, 2.05) is 32.0 Å². The molecule has 1 saturated heterocycles. The lowest BCUT2D eigenvalue weighted by Gasteiger charge is -2.28. The predicted octanol–water partition coefficient (Wildman–Crippen LogP) is 3.49. The van der Waals surface area contributed by atoms with Crippen molar-refractivity contribution in [3.05, 3.63) is 59.2 Å². The van der Waals surface area contributed by atoms with Gasteiger partial charge in [0, 0.05) is 17.8 Å². The Morgan fingerprint density at radius 1 is 1.00 bits per heavy atom. The van der Waals surface area contributed by atoms with Crippen LogP contribution in [0.4, 0.5) is 11.4 Å². The Kier molecular flexibility index (Phi) is 4.81. The molecule has 1 heterocycles. The van der Waals surface area contributed by atoms with E-state index in [0.29, 0.717) is 24.2 Å². The second-order valence-electron chi connectivity index (χ2n) is 6.36. The highest BCUT2D eigenvalue weighted by atomic mass is 32.2. The molecule has 5 nitrogen and oxygen atoms in total. The number of carbonyl (C=O) groups is 1. The van der Waals surface area contributed by atoms with Crippen molar-refractivity contribution in [1.29, 1.82) is 0 Å². The van der Waals surface area contributed by atoms with Gasteiger partial charge in [-0.25, -0.2) is 8.42 Å². The number of anilines is 2. The largest absolute Gasteiger partial charge is 0.322 e. The van der Waals surface area contributed by atoms with Gasteiger partial charge in [0.15, 0.2) is 0 Å². The molecule has 3 rings (SSSR count). The minimum atomic E-state index is -3.24. The lowest BCUT2D eigenvalue weighted by molar-refractivity contribution is 0.102. The van der Waals surface area contributed by atoms with Crippen molar-refractivity contribution in [2.24, 2.45) is 0 Å². The van der Waals surface area contributed by atoms with Crippen LogP contribution < -0.4 is 9.62 Å². The summed E-state index contributed by atoms with van der Waals surface area (Å²) >= 11 is 0. The van der Waals surface area contributed by atoms with Crippen LogP contribution in [0.25, 0.3) is 0 Å². The first-order valence-electron chi connectivity index (χ1n) is 8.36. The van der Waals surface area contributed by atoms with Gasteiger partial charge in [0.1, 0.15) is 0 Å². The Bertz CT molecular complexity index is 869. The molecule has 25 heavy (non-hydrogen) atoms. The summed E-state index contributed by atoms with van der Waals surface area (Å²) in [5.74, 6) is -0.0209. The van der Waals surface area contributed by atoms with Crippen LogP contribution in [0.1, 0.15) is 34.3 Å². The third kappa shape index (κ3) is 3.69. The molecule has 0 spiro atoms. The number of hydrogen-bond donors (Lipinski definition) is 1. The summed E-state index contributed by atoms with van der Waals surface area (Å²) in [6.45, 7) is 4.40. The molecular weight excluding hydrogens is 336 g/mol. The van der Waals surface area contributed by atoms with E-state index in [9.17, 15) is 13.2 Å². The second kappa shape index (κ2) is 6.88. The highest BCUT2D eigenvalue weighted by molar-refractivity contribution is 7.92. The number of nitrogens with zero attached hydrogens (tertiary/aromatic N) is 1. The van der Waals surface area contributed by atoms with Crippen LogP contribution in [-0.4, -0.2) is 26.6 Å². The number of rotatable bonds is 3. The highest BCUT2D eigenvalue weighted by Crippen LogP contribution is 2.25. The normalized spacial score (nSPS) is 16.5. The summed E-state index contributed by atoms with van der Waals surface area (Å²) in [5, 5.41) is 2.94. The van der Waals surface area contributed by atoms with Crippen molar-refractivity contribution in [3.8, 4) is 0 Å². The lowest BCUT2D eigenvalue weighted by Crippen LogP contribution is -2.37. The van der Waals surface area contributed by atoms with Crippen LogP contribution in [0.5, 0.6) is 0 Å². The number of hydrogen-bond acceptors (Lipinski definition) is 3. The van der Waals surface area contributed by atoms with Crippen molar-refractivity contribution < 1.29 is 13.2 Å². The van der Waals surface area contributed by atoms with Crippen molar-refractivity contribution in [2.45, 2.75) is 26.7 Å². The van der Waals surface area contributed by atoms with E-state index in [1.54, 1.807) is 24.3 Å². The van der Waals surface area contributed by atoms with Crippen LogP contribution >= 0.6 is 0 Å². The average Bonchev–Trinajstić information content (AvgIpc) is 2.58. The number of carbonyl (C=O) groups excluding carboxylic acids is 1. The zero-order valence-electron chi connectivity index (χ0n) is 14.5. The van der Waals surface area contributed by atoms with E-state index in [-0.39, 0.29) is 11.7 Å². The summed E-state index contributed by atoms with van der Waals surface area (Å²) in [7, 11) is -3.24. The smallest absolute Gasteiger partial charge is 0.255 e. The first-order chi connectivity index (χ1) is 11.9. The molecule has 132 valence electrons. The van der Waals surface area contributed by atoms with Crippen molar-refractivity contribution in [1.82, 2.24) is 0 Å². The van der Waals surface area contributed by atoms with Gasteiger partial charge in [-0.15, -0.1) is 0 Å².